The van der Waals surface area contributed by atoms with Gasteiger partial charge in [-0.2, -0.15) is 0 Å². The Bertz CT molecular complexity index is 67.5. The zero-order valence-corrected chi connectivity index (χ0v) is 5.42. The van der Waals surface area contributed by atoms with Gasteiger partial charge in [0.1, 0.15) is 0 Å². The lowest BCUT2D eigenvalue weighted by atomic mass is 10.7. The van der Waals surface area contributed by atoms with Crippen LogP contribution in [0.2, 0.25) is 0 Å². The summed E-state index contributed by atoms with van der Waals surface area (Å²) in [6, 6.07) is -0.345. The number of hydrogen-bond acceptors (Lipinski definition) is 2. The third kappa shape index (κ3) is 5.52. The van der Waals surface area contributed by atoms with Gasteiger partial charge in [0, 0.05) is 6.54 Å². The highest BCUT2D eigenvalue weighted by molar-refractivity contribution is 5.85. The first-order chi connectivity index (χ1) is 3.31. The summed E-state index contributed by atoms with van der Waals surface area (Å²) in [5, 5.41) is 2.42. The zero-order chi connectivity index (χ0) is 5.70. The molecule has 8 heavy (non-hydrogen) atoms. The number of hydrazine groups is 1. The number of nitrogens with two attached hydrogens (primary N) is 1. The molecular weight excluding hydrogens is 130 g/mol. The third-order valence-corrected chi connectivity index (χ3v) is 0.468. The van der Waals surface area contributed by atoms with Crippen molar-refractivity contribution in [1.82, 2.24) is 10.7 Å². The quantitative estimate of drug-likeness (QED) is 0.263. The molecule has 0 aromatic rings. The molecule has 0 aliphatic heterocycles. The number of carbonyl (C=O) groups excluding carboxylic acids is 1. The average Bonchev–Trinajstić information content (AvgIpc) is 1.68. The summed E-state index contributed by atoms with van der Waals surface area (Å²) in [5.74, 6) is 4.70. The van der Waals surface area contributed by atoms with E-state index >= 15 is 0 Å². The van der Waals surface area contributed by atoms with Crippen LogP contribution in [0.1, 0.15) is 6.92 Å². The van der Waals surface area contributed by atoms with Crippen LogP contribution in [-0.4, -0.2) is 12.6 Å². The summed E-state index contributed by atoms with van der Waals surface area (Å²) in [7, 11) is 0. The standard InChI is InChI=1S/C3H9N3O.ClH/c1-2-5-3(7)6-4;/h2,4H2,1H3,(H2,5,6,7);1H. The fourth-order valence-electron chi connectivity index (χ4n) is 0.212. The van der Waals surface area contributed by atoms with Gasteiger partial charge >= 0.3 is 6.03 Å². The summed E-state index contributed by atoms with van der Waals surface area (Å²) in [6.07, 6.45) is 0. The summed E-state index contributed by atoms with van der Waals surface area (Å²) in [4.78, 5) is 10.1. The summed E-state index contributed by atoms with van der Waals surface area (Å²) in [6.45, 7) is 2.41. The lowest BCUT2D eigenvalue weighted by molar-refractivity contribution is 0.241. The molecule has 0 spiro atoms. The Balaban J connectivity index is 0. The van der Waals surface area contributed by atoms with Crippen LogP contribution in [0, 0.1) is 0 Å². The number of amides is 2. The minimum Gasteiger partial charge on any atom is -0.337 e. The Morgan fingerprint density at radius 2 is 2.25 bits per heavy atom. The number of urea groups is 1. The van der Waals surface area contributed by atoms with Crippen molar-refractivity contribution in [3.8, 4) is 0 Å². The molecule has 0 saturated carbocycles. The molecule has 0 fully saturated rings. The molecule has 2 amide bonds. The molecule has 0 saturated heterocycles. The van der Waals surface area contributed by atoms with E-state index in [-0.39, 0.29) is 18.4 Å². The maximum atomic E-state index is 10.1. The summed E-state index contributed by atoms with van der Waals surface area (Å²) in [5.41, 5.74) is 1.92. The predicted octanol–water partition coefficient (Wildman–Crippen LogP) is -0.399. The van der Waals surface area contributed by atoms with Crippen molar-refractivity contribution >= 4 is 18.4 Å². The number of halogens is 1. The summed E-state index contributed by atoms with van der Waals surface area (Å²) >= 11 is 0. The van der Waals surface area contributed by atoms with Crippen molar-refractivity contribution in [2.24, 2.45) is 5.84 Å². The zero-order valence-electron chi connectivity index (χ0n) is 4.60. The van der Waals surface area contributed by atoms with Crippen molar-refractivity contribution in [2.45, 2.75) is 6.92 Å². The molecule has 0 aliphatic rings. The number of hydrogen-bond donors (Lipinski definition) is 3. The molecule has 5 heteroatoms. The van der Waals surface area contributed by atoms with E-state index < -0.39 is 0 Å². The van der Waals surface area contributed by atoms with Gasteiger partial charge in [0.25, 0.3) is 0 Å². The molecule has 0 aromatic carbocycles. The molecule has 0 radical (unpaired) electrons. The topological polar surface area (TPSA) is 67.2 Å². The van der Waals surface area contributed by atoms with Crippen LogP contribution in [-0.2, 0) is 0 Å². The van der Waals surface area contributed by atoms with E-state index in [4.69, 9.17) is 5.84 Å². The Hall–Kier alpha value is -0.480. The second-order valence-electron chi connectivity index (χ2n) is 1.00. The number of rotatable bonds is 1. The molecule has 0 unspecified atom stereocenters. The van der Waals surface area contributed by atoms with Crippen molar-refractivity contribution in [3.05, 3.63) is 0 Å². The average molecular weight is 140 g/mol. The van der Waals surface area contributed by atoms with Gasteiger partial charge in [0.2, 0.25) is 0 Å². The van der Waals surface area contributed by atoms with Gasteiger partial charge in [-0.3, -0.25) is 5.43 Å². The molecule has 0 heterocycles. The van der Waals surface area contributed by atoms with Crippen molar-refractivity contribution < 1.29 is 4.79 Å². The molecule has 4 N–H and O–H groups in total. The first kappa shape index (κ1) is 10.5. The highest BCUT2D eigenvalue weighted by atomic mass is 35.5. The van der Waals surface area contributed by atoms with Crippen LogP contribution >= 0.6 is 12.4 Å². The van der Waals surface area contributed by atoms with E-state index in [1.54, 1.807) is 0 Å². The molecule has 0 bridgehead atoms. The van der Waals surface area contributed by atoms with E-state index in [1.807, 2.05) is 12.3 Å². The van der Waals surface area contributed by atoms with Crippen molar-refractivity contribution in [2.75, 3.05) is 6.54 Å². The van der Waals surface area contributed by atoms with Crippen LogP contribution < -0.4 is 16.6 Å². The first-order valence-corrected chi connectivity index (χ1v) is 2.05. The highest BCUT2D eigenvalue weighted by Crippen LogP contribution is 1.54. The third-order valence-electron chi connectivity index (χ3n) is 0.468. The van der Waals surface area contributed by atoms with Crippen LogP contribution in [0.4, 0.5) is 4.79 Å². The van der Waals surface area contributed by atoms with Gasteiger partial charge in [-0.15, -0.1) is 12.4 Å². The Kier molecular flexibility index (Phi) is 8.55. The molecular formula is C3H10ClN3O. The van der Waals surface area contributed by atoms with Crippen LogP contribution in [0.3, 0.4) is 0 Å². The minimum atomic E-state index is -0.345. The Morgan fingerprint density at radius 1 is 1.75 bits per heavy atom. The van der Waals surface area contributed by atoms with E-state index in [1.165, 1.54) is 0 Å². The van der Waals surface area contributed by atoms with Gasteiger partial charge in [0.05, 0.1) is 0 Å². The Morgan fingerprint density at radius 3 is 2.38 bits per heavy atom. The lowest BCUT2D eigenvalue weighted by Crippen LogP contribution is -2.39. The molecule has 0 aromatic heterocycles. The van der Waals surface area contributed by atoms with Gasteiger partial charge in [-0.1, -0.05) is 0 Å². The van der Waals surface area contributed by atoms with Gasteiger partial charge in [0.15, 0.2) is 0 Å². The predicted molar refractivity (Wildman–Crippen MR) is 33.6 cm³/mol. The minimum absolute atomic E-state index is 0. The van der Waals surface area contributed by atoms with Crippen LogP contribution in [0.15, 0.2) is 0 Å². The van der Waals surface area contributed by atoms with Crippen LogP contribution in [0.25, 0.3) is 0 Å². The van der Waals surface area contributed by atoms with E-state index in [2.05, 4.69) is 5.32 Å². The first-order valence-electron chi connectivity index (χ1n) is 2.05. The molecule has 50 valence electrons. The largest absolute Gasteiger partial charge is 0.337 e. The highest BCUT2D eigenvalue weighted by Gasteiger charge is 1.86. The SMILES string of the molecule is CCNC(=O)NN.Cl. The van der Waals surface area contributed by atoms with E-state index in [9.17, 15) is 4.79 Å². The number of nitrogens with one attached hydrogen (secondary N) is 2. The molecule has 0 atom stereocenters. The maximum absolute atomic E-state index is 10.1. The lowest BCUT2D eigenvalue weighted by Gasteiger charge is -1.95. The van der Waals surface area contributed by atoms with Gasteiger partial charge < -0.3 is 5.32 Å². The van der Waals surface area contributed by atoms with Gasteiger partial charge in [-0.25, -0.2) is 10.6 Å². The maximum Gasteiger partial charge on any atom is 0.328 e. The molecule has 0 aliphatic carbocycles. The van der Waals surface area contributed by atoms with Crippen LogP contribution in [0.5, 0.6) is 0 Å². The Labute approximate surface area is 54.2 Å². The van der Waals surface area contributed by atoms with E-state index in [0.717, 1.165) is 0 Å². The fraction of sp³-hybridized carbons (Fsp3) is 0.667. The van der Waals surface area contributed by atoms with Crippen molar-refractivity contribution in [1.29, 1.82) is 0 Å². The van der Waals surface area contributed by atoms with Gasteiger partial charge in [-0.05, 0) is 6.92 Å². The van der Waals surface area contributed by atoms with Crippen molar-refractivity contribution in [3.63, 3.8) is 0 Å². The second kappa shape index (κ2) is 6.52. The normalized spacial score (nSPS) is 6.75. The second-order valence-corrected chi connectivity index (χ2v) is 1.00. The summed E-state index contributed by atoms with van der Waals surface area (Å²) < 4.78 is 0. The molecule has 4 nitrogen and oxygen atoms in total. The fourth-order valence-corrected chi connectivity index (χ4v) is 0.212. The monoisotopic (exact) mass is 139 g/mol. The molecule has 0 rings (SSSR count). The smallest absolute Gasteiger partial charge is 0.328 e. The van der Waals surface area contributed by atoms with E-state index in [0.29, 0.717) is 6.54 Å². The number of carbonyl (C=O) groups is 1.